The minimum Gasteiger partial charge on any atom is -0.493 e. The van der Waals surface area contributed by atoms with Crippen LogP contribution in [0.1, 0.15) is 64.9 Å². The zero-order valence-electron chi connectivity index (χ0n) is 22.1. The molecule has 1 saturated carbocycles. The molecule has 35 heavy (non-hydrogen) atoms. The number of hydrogen-bond donors (Lipinski definition) is 0. The molecule has 0 spiro atoms. The van der Waals surface area contributed by atoms with Crippen LogP contribution < -0.4 is 4.74 Å². The van der Waals surface area contributed by atoms with E-state index in [9.17, 15) is 4.79 Å². The number of amides is 1. The highest BCUT2D eigenvalue weighted by Gasteiger charge is 2.36. The number of fused-ring (bicyclic) bond motifs is 5. The molecule has 2 atom stereocenters. The quantitative estimate of drug-likeness (QED) is 0.589. The summed E-state index contributed by atoms with van der Waals surface area (Å²) in [4.78, 5) is 19.6. The monoisotopic (exact) mass is 483 g/mol. The van der Waals surface area contributed by atoms with Crippen LogP contribution in [0, 0.1) is 17.8 Å². The molecule has 5 fully saturated rings. The van der Waals surface area contributed by atoms with Crippen molar-refractivity contribution in [3.05, 3.63) is 29.8 Å². The van der Waals surface area contributed by atoms with Gasteiger partial charge >= 0.3 is 6.09 Å². The third-order valence-electron chi connectivity index (χ3n) is 8.45. The number of ether oxygens (including phenoxy) is 2. The molecular weight excluding hydrogens is 438 g/mol. The van der Waals surface area contributed by atoms with Gasteiger partial charge in [-0.3, -0.25) is 9.80 Å². The fraction of sp³-hybridized carbons (Fsp3) is 0.759. The molecular formula is C29H45N3O3. The molecule has 1 aromatic carbocycles. The van der Waals surface area contributed by atoms with E-state index in [-0.39, 0.29) is 6.09 Å². The third-order valence-corrected chi connectivity index (χ3v) is 8.45. The van der Waals surface area contributed by atoms with Crippen molar-refractivity contribution in [1.82, 2.24) is 14.7 Å². The molecule has 0 radical (unpaired) electrons. The van der Waals surface area contributed by atoms with Crippen LogP contribution in [0.3, 0.4) is 0 Å². The standard InChI is InChI=1S/C29H45N3O3/c1-29(2,3)35-28(33)32-14-13-31-19-25(11-12-26(31)20-32)21-34-27-6-4-5-24(15-27)18-30-16-22-7-8-23(17-30)10-9-22/h4-6,15,22-23,25-26H,7-14,16-21H2,1-3H3/t22?,23?,25-,26-/m0/s1. The number of nitrogens with zero attached hydrogens (tertiary/aromatic N) is 3. The number of piperazine rings is 1. The van der Waals surface area contributed by atoms with Gasteiger partial charge in [0.15, 0.2) is 0 Å². The van der Waals surface area contributed by atoms with E-state index >= 15 is 0 Å². The first-order valence-electron chi connectivity index (χ1n) is 14.0. The maximum atomic E-state index is 12.5. The first-order chi connectivity index (χ1) is 16.8. The van der Waals surface area contributed by atoms with Crippen LogP contribution in [0.25, 0.3) is 0 Å². The molecule has 5 aliphatic rings. The molecule has 6 rings (SSSR count). The van der Waals surface area contributed by atoms with Crippen molar-refractivity contribution in [1.29, 1.82) is 0 Å². The number of carbonyl (C=O) groups excluding carboxylic acids is 1. The number of benzene rings is 1. The highest BCUT2D eigenvalue weighted by Crippen LogP contribution is 2.34. The summed E-state index contributed by atoms with van der Waals surface area (Å²) in [5, 5.41) is 0. The van der Waals surface area contributed by atoms with E-state index in [1.165, 1.54) is 44.3 Å². The van der Waals surface area contributed by atoms with Crippen molar-refractivity contribution < 1.29 is 14.3 Å². The van der Waals surface area contributed by atoms with Gasteiger partial charge < -0.3 is 14.4 Å². The van der Waals surface area contributed by atoms with Crippen LogP contribution in [-0.2, 0) is 11.3 Å². The lowest BCUT2D eigenvalue weighted by Crippen LogP contribution is -2.58. The zero-order valence-corrected chi connectivity index (χ0v) is 22.1. The van der Waals surface area contributed by atoms with Gasteiger partial charge in [0.05, 0.1) is 6.61 Å². The van der Waals surface area contributed by atoms with Crippen molar-refractivity contribution in [2.24, 2.45) is 17.8 Å². The largest absolute Gasteiger partial charge is 0.493 e. The highest BCUT2D eigenvalue weighted by molar-refractivity contribution is 5.68. The van der Waals surface area contributed by atoms with Gasteiger partial charge in [-0.25, -0.2) is 4.79 Å². The summed E-state index contributed by atoms with van der Waals surface area (Å²) in [6, 6.07) is 9.23. The normalized spacial score (nSPS) is 30.0. The summed E-state index contributed by atoms with van der Waals surface area (Å²) < 4.78 is 11.9. The average molecular weight is 484 g/mol. The van der Waals surface area contributed by atoms with Gasteiger partial charge in [-0.15, -0.1) is 0 Å². The van der Waals surface area contributed by atoms with E-state index in [0.717, 1.165) is 69.8 Å². The molecule has 2 bridgehead atoms. The number of carbonyl (C=O) groups is 1. The van der Waals surface area contributed by atoms with Gasteiger partial charge in [-0.2, -0.15) is 0 Å². The predicted molar refractivity (Wildman–Crippen MR) is 139 cm³/mol. The third kappa shape index (κ3) is 6.71. The Kier molecular flexibility index (Phi) is 7.59. The van der Waals surface area contributed by atoms with Gasteiger partial charge in [-0.05, 0) is 88.8 Å². The topological polar surface area (TPSA) is 45.3 Å². The maximum Gasteiger partial charge on any atom is 0.410 e. The first kappa shape index (κ1) is 24.9. The smallest absolute Gasteiger partial charge is 0.410 e. The lowest BCUT2D eigenvalue weighted by atomic mass is 9.84. The second kappa shape index (κ2) is 10.7. The lowest BCUT2D eigenvalue weighted by Gasteiger charge is -2.46. The van der Waals surface area contributed by atoms with Crippen molar-refractivity contribution >= 4 is 6.09 Å². The lowest BCUT2D eigenvalue weighted by molar-refractivity contribution is -0.0122. The fourth-order valence-corrected chi connectivity index (χ4v) is 6.62. The van der Waals surface area contributed by atoms with Crippen LogP contribution in [0.5, 0.6) is 5.75 Å². The second-order valence-electron chi connectivity index (χ2n) is 12.6. The minimum atomic E-state index is -0.437. The van der Waals surface area contributed by atoms with Gasteiger partial charge in [-0.1, -0.05) is 12.1 Å². The minimum absolute atomic E-state index is 0.171. The Balaban J connectivity index is 1.08. The molecule has 4 saturated heterocycles. The second-order valence-corrected chi connectivity index (χ2v) is 12.6. The zero-order chi connectivity index (χ0) is 24.4. The van der Waals surface area contributed by atoms with Crippen LogP contribution in [-0.4, -0.2) is 78.3 Å². The van der Waals surface area contributed by atoms with Crippen LogP contribution in [0.2, 0.25) is 0 Å². The average Bonchev–Trinajstić information content (AvgIpc) is 3.14. The molecule has 0 aromatic heterocycles. The Bertz CT molecular complexity index is 847. The molecule has 1 amide bonds. The summed E-state index contributed by atoms with van der Waals surface area (Å²) >= 11 is 0. The summed E-state index contributed by atoms with van der Waals surface area (Å²) in [5.41, 5.74) is 0.943. The van der Waals surface area contributed by atoms with Crippen molar-refractivity contribution in [3.8, 4) is 5.75 Å². The number of piperidine rings is 1. The van der Waals surface area contributed by atoms with Gasteiger partial charge in [0.2, 0.25) is 0 Å². The Morgan fingerprint density at radius 3 is 2.40 bits per heavy atom. The number of hydrogen-bond acceptors (Lipinski definition) is 5. The fourth-order valence-electron chi connectivity index (χ4n) is 6.62. The van der Waals surface area contributed by atoms with Crippen molar-refractivity contribution in [2.75, 3.05) is 45.9 Å². The molecule has 0 unspecified atom stereocenters. The summed E-state index contributed by atoms with van der Waals surface area (Å²) in [7, 11) is 0. The van der Waals surface area contributed by atoms with E-state index in [2.05, 4.69) is 34.1 Å². The van der Waals surface area contributed by atoms with E-state index < -0.39 is 5.60 Å². The van der Waals surface area contributed by atoms with Gasteiger partial charge in [0, 0.05) is 57.8 Å². The SMILES string of the molecule is CC(C)(C)OC(=O)N1CCN2C[C@@H](COc3cccc(CN4CC5CCC(CC5)C4)c3)CC[C@H]2C1. The summed E-state index contributed by atoms with van der Waals surface area (Å²) in [6.45, 7) is 13.7. The summed E-state index contributed by atoms with van der Waals surface area (Å²) in [5.74, 6) is 3.38. The molecule has 0 N–H and O–H groups in total. The van der Waals surface area contributed by atoms with E-state index in [1.807, 2.05) is 25.7 Å². The van der Waals surface area contributed by atoms with E-state index in [1.54, 1.807) is 0 Å². The molecule has 4 heterocycles. The Morgan fingerprint density at radius 2 is 1.69 bits per heavy atom. The summed E-state index contributed by atoms with van der Waals surface area (Å²) in [6.07, 6.45) is 7.83. The Morgan fingerprint density at radius 1 is 0.943 bits per heavy atom. The van der Waals surface area contributed by atoms with Crippen LogP contribution in [0.4, 0.5) is 4.79 Å². The Labute approximate surface area is 211 Å². The predicted octanol–water partition coefficient (Wildman–Crippen LogP) is 5.02. The van der Waals surface area contributed by atoms with Gasteiger partial charge in [0.1, 0.15) is 11.4 Å². The van der Waals surface area contributed by atoms with Crippen LogP contribution in [0.15, 0.2) is 24.3 Å². The number of rotatable bonds is 5. The maximum absolute atomic E-state index is 12.5. The molecule has 6 heteroatoms. The molecule has 4 aliphatic heterocycles. The molecule has 1 aromatic rings. The van der Waals surface area contributed by atoms with Crippen LogP contribution >= 0.6 is 0 Å². The van der Waals surface area contributed by atoms with Crippen molar-refractivity contribution in [3.63, 3.8) is 0 Å². The highest BCUT2D eigenvalue weighted by atomic mass is 16.6. The molecule has 194 valence electrons. The molecule has 6 nitrogen and oxygen atoms in total. The van der Waals surface area contributed by atoms with E-state index in [0.29, 0.717) is 12.0 Å². The van der Waals surface area contributed by atoms with Crippen molar-refractivity contribution in [2.45, 2.75) is 77.5 Å². The molecule has 1 aliphatic carbocycles. The first-order valence-corrected chi connectivity index (χ1v) is 14.0. The van der Waals surface area contributed by atoms with Gasteiger partial charge in [0.25, 0.3) is 0 Å². The van der Waals surface area contributed by atoms with E-state index in [4.69, 9.17) is 9.47 Å². The Hall–Kier alpha value is -1.79.